The Morgan fingerprint density at radius 3 is 2.83 bits per heavy atom. The molecule has 0 amide bonds. The molecule has 3 rings (SSSR count). The molecule has 1 saturated heterocycles. The van der Waals surface area contributed by atoms with Gasteiger partial charge in [-0.2, -0.15) is 0 Å². The number of fused-ring (bicyclic) bond motifs is 1. The summed E-state index contributed by atoms with van der Waals surface area (Å²) in [7, 11) is 1.30. The van der Waals surface area contributed by atoms with Crippen LogP contribution in [0.25, 0.3) is 0 Å². The highest BCUT2D eigenvalue weighted by atomic mass is 16.6. The molecule has 0 saturated carbocycles. The van der Waals surface area contributed by atoms with Gasteiger partial charge in [0.15, 0.2) is 6.10 Å². The molecule has 0 unspecified atom stereocenters. The van der Waals surface area contributed by atoms with E-state index < -0.39 is 23.8 Å². The molecule has 1 aromatic rings. The molecule has 2 heterocycles. The van der Waals surface area contributed by atoms with E-state index in [-0.39, 0.29) is 11.8 Å². The van der Waals surface area contributed by atoms with Gasteiger partial charge in [-0.15, -0.1) is 0 Å². The normalized spacial score (nSPS) is 35.1. The molecule has 0 aromatic carbocycles. The monoisotopic (exact) mass is 329 g/mol. The van der Waals surface area contributed by atoms with Crippen LogP contribution >= 0.6 is 0 Å². The van der Waals surface area contributed by atoms with Crippen molar-refractivity contribution in [2.75, 3.05) is 7.11 Å². The summed E-state index contributed by atoms with van der Waals surface area (Å²) in [4.78, 5) is 16.7. The third-order valence-corrected chi connectivity index (χ3v) is 5.29. The van der Waals surface area contributed by atoms with E-state index in [4.69, 9.17) is 9.47 Å². The van der Waals surface area contributed by atoms with Gasteiger partial charge in [0.2, 0.25) is 0 Å². The van der Waals surface area contributed by atoms with Crippen LogP contribution < -0.4 is 0 Å². The van der Waals surface area contributed by atoms with Crippen LogP contribution in [0.1, 0.15) is 32.1 Å². The highest BCUT2D eigenvalue weighted by molar-refractivity contribution is 5.78. The van der Waals surface area contributed by atoms with Crippen molar-refractivity contribution >= 4 is 5.97 Å². The number of rotatable bonds is 3. The molecular weight excluding hydrogens is 306 g/mol. The van der Waals surface area contributed by atoms with Gasteiger partial charge in [-0.3, -0.25) is 4.98 Å². The van der Waals surface area contributed by atoms with E-state index in [1.165, 1.54) is 7.11 Å². The van der Waals surface area contributed by atoms with Crippen LogP contribution in [0, 0.1) is 11.8 Å². The van der Waals surface area contributed by atoms with E-state index >= 15 is 0 Å². The van der Waals surface area contributed by atoms with Crippen molar-refractivity contribution in [3.8, 4) is 0 Å². The van der Waals surface area contributed by atoms with E-state index in [1.54, 1.807) is 6.20 Å². The molecule has 1 aliphatic carbocycles. The van der Waals surface area contributed by atoms with Crippen molar-refractivity contribution in [3.05, 3.63) is 53.9 Å². The lowest BCUT2D eigenvalue weighted by Gasteiger charge is -2.42. The SMILES string of the molecule is C=C(C)[C@H]1CC=C(C)[C@@]2(O)[C@@H]1[C@H](c1ccccn1)O[C@@H]2C(=O)OC. The van der Waals surface area contributed by atoms with Crippen molar-refractivity contribution in [2.24, 2.45) is 11.8 Å². The zero-order valence-corrected chi connectivity index (χ0v) is 14.2. The molecule has 5 atom stereocenters. The molecule has 1 N–H and O–H groups in total. The van der Waals surface area contributed by atoms with Crippen LogP contribution in [0.4, 0.5) is 0 Å². The van der Waals surface area contributed by atoms with E-state index in [0.717, 1.165) is 17.6 Å². The second-order valence-electron chi connectivity index (χ2n) is 6.64. The lowest BCUT2D eigenvalue weighted by atomic mass is 9.64. The van der Waals surface area contributed by atoms with Crippen LogP contribution in [0.15, 0.2) is 48.2 Å². The van der Waals surface area contributed by atoms with E-state index in [0.29, 0.717) is 5.69 Å². The Bertz CT molecular complexity index is 684. The molecule has 0 radical (unpaired) electrons. The van der Waals surface area contributed by atoms with Crippen LogP contribution in [0.5, 0.6) is 0 Å². The highest BCUT2D eigenvalue weighted by Gasteiger charge is 2.63. The molecule has 5 nitrogen and oxygen atoms in total. The van der Waals surface area contributed by atoms with Gasteiger partial charge in [0.05, 0.1) is 12.8 Å². The van der Waals surface area contributed by atoms with Crippen molar-refractivity contribution < 1.29 is 19.4 Å². The van der Waals surface area contributed by atoms with E-state index in [2.05, 4.69) is 11.6 Å². The maximum absolute atomic E-state index is 12.3. The summed E-state index contributed by atoms with van der Waals surface area (Å²) >= 11 is 0. The largest absolute Gasteiger partial charge is 0.467 e. The molecule has 1 aliphatic heterocycles. The minimum Gasteiger partial charge on any atom is -0.467 e. The number of hydrogen-bond acceptors (Lipinski definition) is 5. The van der Waals surface area contributed by atoms with Gasteiger partial charge >= 0.3 is 5.97 Å². The standard InChI is InChI=1S/C19H23NO4/c1-11(2)13-9-8-12(3)19(22)15(13)16(14-7-5-6-10-20-14)24-17(19)18(21)23-4/h5-8,10,13,15-17,22H,1,9H2,2-4H3/t13-,15+,16+,17-,19-/m1/s1. The molecule has 1 aromatic heterocycles. The fourth-order valence-corrected chi connectivity index (χ4v) is 3.99. The first-order valence-corrected chi connectivity index (χ1v) is 8.10. The van der Waals surface area contributed by atoms with Crippen molar-refractivity contribution in [3.63, 3.8) is 0 Å². The Labute approximate surface area is 142 Å². The number of nitrogens with zero attached hydrogens (tertiary/aromatic N) is 1. The number of ether oxygens (including phenoxy) is 2. The third kappa shape index (κ3) is 2.39. The predicted octanol–water partition coefficient (Wildman–Crippen LogP) is 2.58. The van der Waals surface area contributed by atoms with Crippen LogP contribution in [-0.2, 0) is 14.3 Å². The molecule has 5 heteroatoms. The topological polar surface area (TPSA) is 68.7 Å². The van der Waals surface area contributed by atoms with Gasteiger partial charge in [-0.25, -0.2) is 4.79 Å². The fraction of sp³-hybridized carbons (Fsp3) is 0.474. The highest BCUT2D eigenvalue weighted by Crippen LogP contribution is 2.56. The van der Waals surface area contributed by atoms with E-state index in [1.807, 2.05) is 38.1 Å². The van der Waals surface area contributed by atoms with Gasteiger partial charge in [0, 0.05) is 12.1 Å². The Kier molecular flexibility index (Phi) is 4.32. The Balaban J connectivity index is 2.14. The number of carbonyl (C=O) groups is 1. The predicted molar refractivity (Wildman–Crippen MR) is 89.0 cm³/mol. The first-order valence-electron chi connectivity index (χ1n) is 8.10. The van der Waals surface area contributed by atoms with Gasteiger partial charge in [0.25, 0.3) is 0 Å². The molecule has 0 bridgehead atoms. The number of methoxy groups -OCH3 is 1. The lowest BCUT2D eigenvalue weighted by Crippen LogP contribution is -2.53. The second-order valence-corrected chi connectivity index (χ2v) is 6.64. The maximum Gasteiger partial charge on any atom is 0.338 e. The maximum atomic E-state index is 12.3. The quantitative estimate of drug-likeness (QED) is 0.682. The number of aliphatic hydroxyl groups is 1. The fourth-order valence-electron chi connectivity index (χ4n) is 3.99. The third-order valence-electron chi connectivity index (χ3n) is 5.29. The number of esters is 1. The zero-order valence-electron chi connectivity index (χ0n) is 14.2. The summed E-state index contributed by atoms with van der Waals surface area (Å²) in [5.74, 6) is -0.907. The Morgan fingerprint density at radius 2 is 2.25 bits per heavy atom. The smallest absolute Gasteiger partial charge is 0.338 e. The summed E-state index contributed by atoms with van der Waals surface area (Å²) in [6.07, 6.45) is 2.85. The van der Waals surface area contributed by atoms with Crippen molar-refractivity contribution in [2.45, 2.75) is 38.1 Å². The van der Waals surface area contributed by atoms with Gasteiger partial charge in [0.1, 0.15) is 11.7 Å². The number of hydrogen-bond donors (Lipinski definition) is 1. The first kappa shape index (κ1) is 16.9. The average molecular weight is 329 g/mol. The number of carbonyl (C=O) groups excluding carboxylic acids is 1. The number of aromatic nitrogens is 1. The van der Waals surface area contributed by atoms with Crippen molar-refractivity contribution in [1.82, 2.24) is 4.98 Å². The van der Waals surface area contributed by atoms with Crippen LogP contribution in [0.2, 0.25) is 0 Å². The summed E-state index contributed by atoms with van der Waals surface area (Å²) < 4.78 is 10.9. The molecule has 0 spiro atoms. The number of allylic oxidation sites excluding steroid dienone is 2. The Morgan fingerprint density at radius 1 is 1.50 bits per heavy atom. The molecule has 2 aliphatic rings. The van der Waals surface area contributed by atoms with Crippen LogP contribution in [0.3, 0.4) is 0 Å². The minimum atomic E-state index is -1.42. The molecule has 24 heavy (non-hydrogen) atoms. The molecule has 1 fully saturated rings. The summed E-state index contributed by atoms with van der Waals surface area (Å²) in [5, 5.41) is 11.5. The van der Waals surface area contributed by atoms with Gasteiger partial charge < -0.3 is 14.6 Å². The second kappa shape index (κ2) is 6.15. The summed E-state index contributed by atoms with van der Waals surface area (Å²) in [5.41, 5.74) is 0.973. The molecule has 128 valence electrons. The lowest BCUT2D eigenvalue weighted by molar-refractivity contribution is -0.161. The zero-order chi connectivity index (χ0) is 17.5. The minimum absolute atomic E-state index is 0.000335. The van der Waals surface area contributed by atoms with Crippen molar-refractivity contribution in [1.29, 1.82) is 0 Å². The number of pyridine rings is 1. The average Bonchev–Trinajstić information content (AvgIpc) is 2.90. The van der Waals surface area contributed by atoms with Gasteiger partial charge in [-0.05, 0) is 43.9 Å². The first-order chi connectivity index (χ1) is 11.4. The Hall–Kier alpha value is -1.98. The summed E-state index contributed by atoms with van der Waals surface area (Å²) in [6.45, 7) is 7.86. The van der Waals surface area contributed by atoms with Gasteiger partial charge in [-0.1, -0.05) is 24.3 Å². The van der Waals surface area contributed by atoms with Crippen LogP contribution in [-0.4, -0.2) is 34.9 Å². The summed E-state index contributed by atoms with van der Waals surface area (Å²) in [6, 6.07) is 5.55. The molecular formula is C19H23NO4. The van der Waals surface area contributed by atoms with E-state index in [9.17, 15) is 9.90 Å².